The average Bonchev–Trinajstić information content (AvgIpc) is 3.17. The van der Waals surface area contributed by atoms with E-state index in [-0.39, 0.29) is 11.9 Å². The monoisotopic (exact) mass is 340 g/mol. The molecule has 0 radical (unpaired) electrons. The van der Waals surface area contributed by atoms with E-state index >= 15 is 0 Å². The lowest BCUT2D eigenvalue weighted by Gasteiger charge is -2.13. The second-order valence-corrected chi connectivity index (χ2v) is 7.02. The number of aryl methyl sites for hydroxylation is 2. The minimum Gasteiger partial charge on any atom is -0.345 e. The summed E-state index contributed by atoms with van der Waals surface area (Å²) in [5.41, 5.74) is 2.69. The molecule has 24 heavy (non-hydrogen) atoms. The molecule has 1 atom stereocenters. The highest BCUT2D eigenvalue weighted by molar-refractivity contribution is 7.11. The summed E-state index contributed by atoms with van der Waals surface area (Å²) in [4.78, 5) is 18.1. The molecule has 124 valence electrons. The van der Waals surface area contributed by atoms with Gasteiger partial charge in [0.05, 0.1) is 23.3 Å². The van der Waals surface area contributed by atoms with Crippen LogP contribution in [0.25, 0.3) is 0 Å². The normalized spacial score (nSPS) is 12.1. The van der Waals surface area contributed by atoms with Crippen molar-refractivity contribution < 1.29 is 4.79 Å². The summed E-state index contributed by atoms with van der Waals surface area (Å²) in [7, 11) is 0. The Labute approximate surface area is 145 Å². The van der Waals surface area contributed by atoms with Gasteiger partial charge in [0.25, 0.3) is 5.91 Å². The first-order valence-electron chi connectivity index (χ1n) is 7.84. The lowest BCUT2D eigenvalue weighted by Crippen LogP contribution is -2.26. The van der Waals surface area contributed by atoms with Crippen LogP contribution >= 0.6 is 11.3 Å². The highest BCUT2D eigenvalue weighted by Gasteiger charge is 2.16. The van der Waals surface area contributed by atoms with Crippen molar-refractivity contribution in [2.75, 3.05) is 0 Å². The van der Waals surface area contributed by atoms with Gasteiger partial charge in [0.15, 0.2) is 0 Å². The van der Waals surface area contributed by atoms with Crippen LogP contribution in [0.4, 0.5) is 0 Å². The second kappa shape index (κ2) is 6.97. The molecular formula is C18H20N4OS. The van der Waals surface area contributed by atoms with E-state index in [1.165, 1.54) is 0 Å². The van der Waals surface area contributed by atoms with Gasteiger partial charge in [-0.1, -0.05) is 12.1 Å². The number of hydrogen-bond acceptors (Lipinski definition) is 4. The third-order valence-electron chi connectivity index (χ3n) is 3.77. The van der Waals surface area contributed by atoms with Crippen molar-refractivity contribution in [3.63, 3.8) is 0 Å². The van der Waals surface area contributed by atoms with E-state index in [0.717, 1.165) is 21.1 Å². The Morgan fingerprint density at radius 1 is 1.33 bits per heavy atom. The van der Waals surface area contributed by atoms with E-state index < -0.39 is 0 Å². The fraction of sp³-hybridized carbons (Fsp3) is 0.278. The lowest BCUT2D eigenvalue weighted by atomic mass is 10.1. The summed E-state index contributed by atoms with van der Waals surface area (Å²) in [5.74, 6) is -0.0738. The molecule has 2 heterocycles. The van der Waals surface area contributed by atoms with Crippen molar-refractivity contribution in [3.8, 4) is 0 Å². The standard InChI is InChI=1S/C18H20N4OS/c1-12-17(24-14(3)20-12)13(2)21-18(23)16-7-4-6-15(10-16)11-22-9-5-8-19-22/h4-10,13H,11H2,1-3H3,(H,21,23). The highest BCUT2D eigenvalue weighted by Crippen LogP contribution is 2.24. The van der Waals surface area contributed by atoms with Gasteiger partial charge in [0, 0.05) is 22.8 Å². The summed E-state index contributed by atoms with van der Waals surface area (Å²) in [5, 5.41) is 8.28. The maximum Gasteiger partial charge on any atom is 0.251 e. The predicted molar refractivity (Wildman–Crippen MR) is 95.2 cm³/mol. The molecule has 0 spiro atoms. The van der Waals surface area contributed by atoms with Crippen LogP contribution in [0.1, 0.15) is 44.5 Å². The molecule has 2 aromatic heterocycles. The number of nitrogens with one attached hydrogen (secondary N) is 1. The molecule has 0 aliphatic carbocycles. The first kappa shape index (κ1) is 16.4. The van der Waals surface area contributed by atoms with Gasteiger partial charge >= 0.3 is 0 Å². The minimum atomic E-state index is -0.0738. The smallest absolute Gasteiger partial charge is 0.251 e. The number of carbonyl (C=O) groups excluding carboxylic acids is 1. The van der Waals surface area contributed by atoms with Crippen LogP contribution in [0, 0.1) is 13.8 Å². The number of hydrogen-bond donors (Lipinski definition) is 1. The first-order valence-corrected chi connectivity index (χ1v) is 8.65. The van der Waals surface area contributed by atoms with Gasteiger partial charge in [-0.05, 0) is 44.5 Å². The molecule has 5 nitrogen and oxygen atoms in total. The zero-order valence-corrected chi connectivity index (χ0v) is 14.8. The molecule has 3 aromatic rings. The topological polar surface area (TPSA) is 59.8 Å². The molecule has 1 aromatic carbocycles. The zero-order chi connectivity index (χ0) is 17.1. The van der Waals surface area contributed by atoms with Gasteiger partial charge in [0.1, 0.15) is 0 Å². The third kappa shape index (κ3) is 3.71. The highest BCUT2D eigenvalue weighted by atomic mass is 32.1. The molecule has 1 N–H and O–H groups in total. The Hall–Kier alpha value is -2.47. The molecule has 0 bridgehead atoms. The van der Waals surface area contributed by atoms with Crippen molar-refractivity contribution in [3.05, 3.63) is 69.4 Å². The van der Waals surface area contributed by atoms with Crippen LogP contribution in [0.15, 0.2) is 42.7 Å². The summed E-state index contributed by atoms with van der Waals surface area (Å²) in [6.45, 7) is 6.60. The zero-order valence-electron chi connectivity index (χ0n) is 14.0. The first-order chi connectivity index (χ1) is 11.5. The molecule has 1 unspecified atom stereocenters. The number of aromatic nitrogens is 3. The van der Waals surface area contributed by atoms with Crippen molar-refractivity contribution in [2.24, 2.45) is 0 Å². The molecule has 0 aliphatic heterocycles. The maximum atomic E-state index is 12.6. The SMILES string of the molecule is Cc1nc(C)c(C(C)NC(=O)c2cccc(Cn3cccn3)c2)s1. The molecule has 1 amide bonds. The molecule has 6 heteroatoms. The quantitative estimate of drug-likeness (QED) is 0.773. The molecule has 3 rings (SSSR count). The lowest BCUT2D eigenvalue weighted by molar-refractivity contribution is 0.0940. The van der Waals surface area contributed by atoms with Crippen molar-refractivity contribution in [1.82, 2.24) is 20.1 Å². The average molecular weight is 340 g/mol. The van der Waals surface area contributed by atoms with Crippen LogP contribution in [0.5, 0.6) is 0 Å². The summed E-state index contributed by atoms with van der Waals surface area (Å²) >= 11 is 1.63. The van der Waals surface area contributed by atoms with Crippen LogP contribution < -0.4 is 5.32 Å². The van der Waals surface area contributed by atoms with Crippen LogP contribution in [-0.4, -0.2) is 20.7 Å². The fourth-order valence-corrected chi connectivity index (χ4v) is 3.62. The van der Waals surface area contributed by atoms with Gasteiger partial charge in [0.2, 0.25) is 0 Å². The predicted octanol–water partition coefficient (Wildman–Crippen LogP) is 3.50. The van der Waals surface area contributed by atoms with E-state index in [1.54, 1.807) is 17.5 Å². The summed E-state index contributed by atoms with van der Waals surface area (Å²) in [6.07, 6.45) is 3.65. The molecule has 0 fully saturated rings. The number of nitrogens with zero attached hydrogens (tertiary/aromatic N) is 3. The Kier molecular flexibility index (Phi) is 4.76. The van der Waals surface area contributed by atoms with Crippen molar-refractivity contribution in [2.45, 2.75) is 33.4 Å². The minimum absolute atomic E-state index is 0.0570. The Morgan fingerprint density at radius 2 is 2.17 bits per heavy atom. The van der Waals surface area contributed by atoms with Crippen LogP contribution in [0.2, 0.25) is 0 Å². The van der Waals surface area contributed by atoms with Crippen molar-refractivity contribution >= 4 is 17.2 Å². The molecule has 0 saturated heterocycles. The van der Waals surface area contributed by atoms with E-state index in [2.05, 4.69) is 15.4 Å². The molecule has 0 saturated carbocycles. The Morgan fingerprint density at radius 3 is 2.83 bits per heavy atom. The Balaban J connectivity index is 1.71. The third-order valence-corrected chi connectivity index (χ3v) is 5.03. The number of carbonyl (C=O) groups is 1. The van der Waals surface area contributed by atoms with Gasteiger partial charge in [-0.3, -0.25) is 9.48 Å². The number of thiazole rings is 1. The largest absolute Gasteiger partial charge is 0.345 e. The van der Waals surface area contributed by atoms with Crippen molar-refractivity contribution in [1.29, 1.82) is 0 Å². The van der Waals surface area contributed by atoms with Gasteiger partial charge in [-0.15, -0.1) is 11.3 Å². The maximum absolute atomic E-state index is 12.6. The fourth-order valence-electron chi connectivity index (χ4n) is 2.69. The number of amides is 1. The van der Waals surface area contributed by atoms with Gasteiger partial charge in [-0.25, -0.2) is 4.98 Å². The number of benzene rings is 1. The second-order valence-electron chi connectivity index (χ2n) is 5.78. The molecular weight excluding hydrogens is 320 g/mol. The van der Waals surface area contributed by atoms with E-state index in [9.17, 15) is 4.79 Å². The molecule has 0 aliphatic rings. The number of rotatable bonds is 5. The summed E-state index contributed by atoms with van der Waals surface area (Å²) in [6, 6.07) is 9.48. The van der Waals surface area contributed by atoms with Crippen LogP contribution in [-0.2, 0) is 6.54 Å². The van der Waals surface area contributed by atoms with E-state index in [4.69, 9.17) is 0 Å². The van der Waals surface area contributed by atoms with Crippen LogP contribution in [0.3, 0.4) is 0 Å². The van der Waals surface area contributed by atoms with Gasteiger partial charge < -0.3 is 5.32 Å². The van der Waals surface area contributed by atoms with E-state index in [0.29, 0.717) is 12.1 Å². The summed E-state index contributed by atoms with van der Waals surface area (Å²) < 4.78 is 1.84. The Bertz CT molecular complexity index is 839. The van der Waals surface area contributed by atoms with E-state index in [1.807, 2.05) is 62.0 Å². The van der Waals surface area contributed by atoms with Gasteiger partial charge in [-0.2, -0.15) is 5.10 Å².